The number of carbonyl (C=O) groups is 1. The number of carbonyl (C=O) groups excluding carboxylic acids is 1. The summed E-state index contributed by atoms with van der Waals surface area (Å²) in [4.78, 5) is 12.0. The number of alkyl carbamates (subject to hydrolysis) is 1. The standard InChI is InChI=1S/C15H30N2O2/c1-13(2,3)11(9-10(16)15(9,7)8)17-12(18)19-14(4,5)6/h9-11H,16H2,1-8H3,(H,17,18). The third kappa shape index (κ3) is 3.85. The highest BCUT2D eigenvalue weighted by Gasteiger charge is 2.61. The van der Waals surface area contributed by atoms with Crippen LogP contribution in [0.4, 0.5) is 4.79 Å². The second kappa shape index (κ2) is 4.65. The molecule has 1 aliphatic rings. The fraction of sp³-hybridized carbons (Fsp3) is 0.933. The highest BCUT2D eigenvalue weighted by atomic mass is 16.6. The molecule has 3 N–H and O–H groups in total. The second-order valence-corrected chi connectivity index (χ2v) is 8.36. The second-order valence-electron chi connectivity index (χ2n) is 8.36. The maximum absolute atomic E-state index is 12.0. The first kappa shape index (κ1) is 16.3. The average molecular weight is 270 g/mol. The van der Waals surface area contributed by atoms with E-state index in [1.54, 1.807) is 0 Å². The number of hydrogen-bond acceptors (Lipinski definition) is 3. The van der Waals surface area contributed by atoms with E-state index in [0.29, 0.717) is 5.92 Å². The number of rotatable bonds is 2. The predicted octanol–water partition coefficient (Wildman–Crippen LogP) is 2.91. The van der Waals surface area contributed by atoms with E-state index in [-0.39, 0.29) is 29.0 Å². The minimum atomic E-state index is -0.478. The molecule has 19 heavy (non-hydrogen) atoms. The molecular formula is C15H30N2O2. The van der Waals surface area contributed by atoms with E-state index < -0.39 is 5.60 Å². The van der Waals surface area contributed by atoms with Crippen LogP contribution in [-0.2, 0) is 4.74 Å². The van der Waals surface area contributed by atoms with Crippen LogP contribution in [-0.4, -0.2) is 23.8 Å². The zero-order valence-electron chi connectivity index (χ0n) is 13.6. The molecule has 0 bridgehead atoms. The van der Waals surface area contributed by atoms with Crippen LogP contribution in [0, 0.1) is 16.7 Å². The van der Waals surface area contributed by atoms with E-state index in [9.17, 15) is 4.79 Å². The predicted molar refractivity (Wildman–Crippen MR) is 77.9 cm³/mol. The van der Waals surface area contributed by atoms with E-state index in [2.05, 4.69) is 39.9 Å². The lowest BCUT2D eigenvalue weighted by atomic mass is 9.81. The Kier molecular flexibility index (Phi) is 3.99. The van der Waals surface area contributed by atoms with E-state index >= 15 is 0 Å². The SMILES string of the molecule is CC(C)(C)OC(=O)NC(C1C(N)C1(C)C)C(C)(C)C. The zero-order chi connectivity index (χ0) is 15.2. The molecule has 0 aromatic heterocycles. The van der Waals surface area contributed by atoms with Gasteiger partial charge in [-0.3, -0.25) is 0 Å². The minimum Gasteiger partial charge on any atom is -0.444 e. The summed E-state index contributed by atoms with van der Waals surface area (Å²) in [5.74, 6) is 0.292. The summed E-state index contributed by atoms with van der Waals surface area (Å²) < 4.78 is 5.35. The Bertz CT molecular complexity index is 350. The van der Waals surface area contributed by atoms with Gasteiger partial charge in [0, 0.05) is 18.0 Å². The summed E-state index contributed by atoms with van der Waals surface area (Å²) >= 11 is 0. The molecule has 1 rings (SSSR count). The lowest BCUT2D eigenvalue weighted by molar-refractivity contribution is 0.0443. The molecule has 1 fully saturated rings. The maximum Gasteiger partial charge on any atom is 0.407 e. The Balaban J connectivity index is 2.77. The van der Waals surface area contributed by atoms with Crippen LogP contribution in [0.25, 0.3) is 0 Å². The van der Waals surface area contributed by atoms with Crippen molar-refractivity contribution in [3.63, 3.8) is 0 Å². The molecule has 4 heteroatoms. The number of nitrogens with one attached hydrogen (secondary N) is 1. The normalized spacial score (nSPS) is 27.6. The van der Waals surface area contributed by atoms with Crippen molar-refractivity contribution in [3.05, 3.63) is 0 Å². The number of hydrogen-bond donors (Lipinski definition) is 2. The van der Waals surface area contributed by atoms with Crippen LogP contribution < -0.4 is 11.1 Å². The van der Waals surface area contributed by atoms with E-state index in [0.717, 1.165) is 0 Å². The Morgan fingerprint density at radius 2 is 1.63 bits per heavy atom. The van der Waals surface area contributed by atoms with E-state index in [1.165, 1.54) is 0 Å². The van der Waals surface area contributed by atoms with E-state index in [4.69, 9.17) is 10.5 Å². The van der Waals surface area contributed by atoms with Gasteiger partial charge in [-0.25, -0.2) is 4.79 Å². The molecule has 0 heterocycles. The molecule has 0 aromatic rings. The molecule has 1 amide bonds. The molecule has 1 aliphatic carbocycles. The summed E-state index contributed by atoms with van der Waals surface area (Å²) in [7, 11) is 0. The highest BCUT2D eigenvalue weighted by molar-refractivity contribution is 5.68. The van der Waals surface area contributed by atoms with Crippen LogP contribution in [0.2, 0.25) is 0 Å². The van der Waals surface area contributed by atoms with Crippen molar-refractivity contribution in [2.75, 3.05) is 0 Å². The van der Waals surface area contributed by atoms with E-state index in [1.807, 2.05) is 20.8 Å². The third-order valence-electron chi connectivity index (χ3n) is 3.96. The molecular weight excluding hydrogens is 240 g/mol. The number of ether oxygens (including phenoxy) is 1. The van der Waals surface area contributed by atoms with Crippen molar-refractivity contribution in [3.8, 4) is 0 Å². The Labute approximate surface area is 117 Å². The van der Waals surface area contributed by atoms with Crippen LogP contribution in [0.1, 0.15) is 55.4 Å². The molecule has 0 aliphatic heterocycles. The monoisotopic (exact) mass is 270 g/mol. The highest BCUT2D eigenvalue weighted by Crippen LogP contribution is 2.55. The topological polar surface area (TPSA) is 64.3 Å². The van der Waals surface area contributed by atoms with Crippen molar-refractivity contribution >= 4 is 6.09 Å². The number of nitrogens with two attached hydrogens (primary N) is 1. The Morgan fingerprint density at radius 1 is 1.21 bits per heavy atom. The van der Waals surface area contributed by atoms with Gasteiger partial charge in [0.25, 0.3) is 0 Å². The van der Waals surface area contributed by atoms with Gasteiger partial charge in [0.2, 0.25) is 0 Å². The average Bonchev–Trinajstić information content (AvgIpc) is 2.57. The zero-order valence-corrected chi connectivity index (χ0v) is 13.6. The van der Waals surface area contributed by atoms with Gasteiger partial charge in [0.1, 0.15) is 5.60 Å². The smallest absolute Gasteiger partial charge is 0.407 e. The first-order chi connectivity index (χ1) is 8.27. The third-order valence-corrected chi connectivity index (χ3v) is 3.96. The largest absolute Gasteiger partial charge is 0.444 e. The van der Waals surface area contributed by atoms with Crippen molar-refractivity contribution in [1.29, 1.82) is 0 Å². The molecule has 112 valence electrons. The molecule has 0 saturated heterocycles. The van der Waals surface area contributed by atoms with Gasteiger partial charge in [-0.1, -0.05) is 34.6 Å². The van der Waals surface area contributed by atoms with Gasteiger partial charge in [-0.15, -0.1) is 0 Å². The van der Waals surface area contributed by atoms with Crippen molar-refractivity contribution in [2.45, 2.75) is 73.1 Å². The summed E-state index contributed by atoms with van der Waals surface area (Å²) in [5, 5.41) is 3.02. The summed E-state index contributed by atoms with van der Waals surface area (Å²) in [6, 6.07) is 0.152. The summed E-state index contributed by atoms with van der Waals surface area (Å²) in [6.07, 6.45) is -0.359. The van der Waals surface area contributed by atoms with Crippen LogP contribution in [0.15, 0.2) is 0 Å². The van der Waals surface area contributed by atoms with Gasteiger partial charge in [-0.2, -0.15) is 0 Å². The molecule has 3 atom stereocenters. The molecule has 3 unspecified atom stereocenters. The molecule has 4 nitrogen and oxygen atoms in total. The van der Waals surface area contributed by atoms with Crippen LogP contribution in [0.3, 0.4) is 0 Å². The maximum atomic E-state index is 12.0. The molecule has 1 saturated carbocycles. The minimum absolute atomic E-state index is 0.0207. The quantitative estimate of drug-likeness (QED) is 0.811. The first-order valence-electron chi connectivity index (χ1n) is 7.02. The van der Waals surface area contributed by atoms with Crippen LogP contribution >= 0.6 is 0 Å². The number of amides is 1. The summed E-state index contributed by atoms with van der Waals surface area (Å²) in [6.45, 7) is 16.3. The molecule has 0 aromatic carbocycles. The van der Waals surface area contributed by atoms with Crippen molar-refractivity contribution in [1.82, 2.24) is 5.32 Å². The van der Waals surface area contributed by atoms with Gasteiger partial charge < -0.3 is 15.8 Å². The summed E-state index contributed by atoms with van der Waals surface area (Å²) in [5.41, 5.74) is 5.70. The molecule has 0 radical (unpaired) electrons. The van der Waals surface area contributed by atoms with Gasteiger partial charge in [0.05, 0.1) is 0 Å². The van der Waals surface area contributed by atoms with Gasteiger partial charge >= 0.3 is 6.09 Å². The first-order valence-corrected chi connectivity index (χ1v) is 7.02. The molecule has 0 spiro atoms. The lowest BCUT2D eigenvalue weighted by Crippen LogP contribution is -2.48. The fourth-order valence-corrected chi connectivity index (χ4v) is 2.63. The van der Waals surface area contributed by atoms with Crippen molar-refractivity contribution < 1.29 is 9.53 Å². The fourth-order valence-electron chi connectivity index (χ4n) is 2.63. The lowest BCUT2D eigenvalue weighted by Gasteiger charge is -2.33. The van der Waals surface area contributed by atoms with Crippen LogP contribution in [0.5, 0.6) is 0 Å². The van der Waals surface area contributed by atoms with Crippen molar-refractivity contribution in [2.24, 2.45) is 22.5 Å². The Morgan fingerprint density at radius 3 is 1.89 bits per heavy atom. The van der Waals surface area contributed by atoms with Gasteiger partial charge in [0.15, 0.2) is 0 Å². The van der Waals surface area contributed by atoms with Gasteiger partial charge in [-0.05, 0) is 31.6 Å². The Hall–Kier alpha value is -0.770.